The van der Waals surface area contributed by atoms with Crippen LogP contribution in [0.25, 0.3) is 0 Å². The molecule has 0 saturated carbocycles. The van der Waals surface area contributed by atoms with Crippen molar-refractivity contribution in [1.82, 2.24) is 0 Å². The molecule has 0 unspecified atom stereocenters. The van der Waals surface area contributed by atoms with Crippen LogP contribution in [0.15, 0.2) is 29.2 Å². The van der Waals surface area contributed by atoms with Gasteiger partial charge >= 0.3 is 23.1 Å². The Labute approximate surface area is 114 Å². The van der Waals surface area contributed by atoms with Gasteiger partial charge < -0.3 is 6.92 Å². The van der Waals surface area contributed by atoms with Crippen molar-refractivity contribution >= 4 is 33.2 Å². The minimum atomic E-state index is -4.02. The first kappa shape index (κ1) is 18.3. The van der Waals surface area contributed by atoms with Crippen LogP contribution in [0.1, 0.15) is 19.4 Å². The summed E-state index contributed by atoms with van der Waals surface area (Å²) in [5.74, 6) is 0.583. The maximum Gasteiger partial charge on any atom is 2.00 e. The van der Waals surface area contributed by atoms with Gasteiger partial charge in [-0.05, 0) is 19.1 Å². The number of benzene rings is 1. The molecule has 1 aromatic rings. The molecule has 0 bridgehead atoms. The second kappa shape index (κ2) is 8.06. The summed E-state index contributed by atoms with van der Waals surface area (Å²) in [6, 6.07) is 5.99. The van der Waals surface area contributed by atoms with Crippen molar-refractivity contribution in [3.63, 3.8) is 0 Å². The van der Waals surface area contributed by atoms with E-state index in [0.29, 0.717) is 5.92 Å². The Bertz CT molecular complexity index is 379. The van der Waals surface area contributed by atoms with Crippen LogP contribution in [0.5, 0.6) is 0 Å². The molecule has 0 aliphatic carbocycles. The molecule has 1 N–H and O–H groups in total. The van der Waals surface area contributed by atoms with Gasteiger partial charge in [-0.3, -0.25) is 4.55 Å². The molecular formula is C11H17MgO3S+. The molecule has 0 atom stereocenters. The van der Waals surface area contributed by atoms with Crippen LogP contribution < -0.4 is 0 Å². The maximum absolute atomic E-state index is 10.5. The fourth-order valence-corrected chi connectivity index (χ4v) is 1.19. The van der Waals surface area contributed by atoms with E-state index in [1.54, 1.807) is 12.1 Å². The molecule has 0 spiro atoms. The fourth-order valence-electron chi connectivity index (χ4n) is 0.710. The Balaban J connectivity index is 0. The number of rotatable bonds is 1. The van der Waals surface area contributed by atoms with Crippen molar-refractivity contribution in [3.05, 3.63) is 36.8 Å². The zero-order valence-electron chi connectivity index (χ0n) is 9.97. The van der Waals surface area contributed by atoms with Gasteiger partial charge in [-0.1, -0.05) is 31.5 Å². The Hall–Kier alpha value is -0.104. The molecule has 0 amide bonds. The minimum absolute atomic E-state index is 0. The molecular weight excluding hydrogens is 236 g/mol. The second-order valence-electron chi connectivity index (χ2n) is 3.68. The summed E-state index contributed by atoms with van der Waals surface area (Å²) in [6.07, 6.45) is 0. The molecule has 0 saturated heterocycles. The molecule has 0 heterocycles. The summed E-state index contributed by atoms with van der Waals surface area (Å²) in [6.45, 7) is 9.59. The zero-order valence-corrected chi connectivity index (χ0v) is 12.2. The summed E-state index contributed by atoms with van der Waals surface area (Å²) in [5, 5.41) is 0. The van der Waals surface area contributed by atoms with E-state index < -0.39 is 10.1 Å². The zero-order chi connectivity index (χ0) is 12.1. The topological polar surface area (TPSA) is 54.4 Å². The van der Waals surface area contributed by atoms with E-state index in [1.165, 1.54) is 12.1 Å². The Morgan fingerprint density at radius 1 is 1.19 bits per heavy atom. The van der Waals surface area contributed by atoms with E-state index >= 15 is 0 Å². The van der Waals surface area contributed by atoms with E-state index in [2.05, 4.69) is 20.8 Å². The third-order valence-electron chi connectivity index (χ3n) is 1.32. The monoisotopic (exact) mass is 253 g/mol. The summed E-state index contributed by atoms with van der Waals surface area (Å²) in [7, 11) is -4.02. The number of hydrogen-bond donors (Lipinski definition) is 1. The van der Waals surface area contributed by atoms with Crippen LogP contribution >= 0.6 is 0 Å². The van der Waals surface area contributed by atoms with Gasteiger partial charge in [-0.15, -0.1) is 0 Å². The van der Waals surface area contributed by atoms with Gasteiger partial charge in [0.05, 0.1) is 4.90 Å². The third kappa shape index (κ3) is 9.15. The van der Waals surface area contributed by atoms with Crippen LogP contribution in [0.4, 0.5) is 0 Å². The molecule has 0 fully saturated rings. The SMILES string of the molecule is Cc1ccc(S(=O)(=O)O)cc1.[CH2-]C(C)C.[Mg+2]. The Morgan fingerprint density at radius 3 is 1.75 bits per heavy atom. The summed E-state index contributed by atoms with van der Waals surface area (Å²) >= 11 is 0. The molecule has 0 aliphatic heterocycles. The van der Waals surface area contributed by atoms with E-state index in [-0.39, 0.29) is 27.9 Å². The van der Waals surface area contributed by atoms with Gasteiger partial charge in [0.15, 0.2) is 0 Å². The van der Waals surface area contributed by atoms with Crippen molar-refractivity contribution in [3.8, 4) is 0 Å². The standard InChI is InChI=1S/C7H8O3S.C4H9.Mg/c1-6-2-4-7(5-3-6)11(8,9)10;1-4(2)3;/h2-5H,1H3,(H,8,9,10);4H,1H2,2-3H3;/q;-1;+2. The molecule has 5 heteroatoms. The van der Waals surface area contributed by atoms with Gasteiger partial charge in [0.25, 0.3) is 10.1 Å². The van der Waals surface area contributed by atoms with Gasteiger partial charge in [0.1, 0.15) is 0 Å². The van der Waals surface area contributed by atoms with Crippen molar-refractivity contribution in [2.45, 2.75) is 25.7 Å². The molecule has 1 aromatic carbocycles. The van der Waals surface area contributed by atoms with E-state index in [0.717, 1.165) is 5.56 Å². The third-order valence-corrected chi connectivity index (χ3v) is 2.19. The van der Waals surface area contributed by atoms with Gasteiger partial charge in [0.2, 0.25) is 0 Å². The average Bonchev–Trinajstić information content (AvgIpc) is 2.01. The number of aryl methyl sites for hydroxylation is 1. The largest absolute Gasteiger partial charge is 2.00 e. The van der Waals surface area contributed by atoms with Crippen LogP contribution in [-0.2, 0) is 10.1 Å². The Kier molecular flexibility index (Phi) is 9.20. The molecule has 3 nitrogen and oxygen atoms in total. The normalized spacial score (nSPS) is 10.1. The summed E-state index contributed by atoms with van der Waals surface area (Å²) < 4.78 is 29.6. The number of hydrogen-bond acceptors (Lipinski definition) is 2. The van der Waals surface area contributed by atoms with Crippen molar-refractivity contribution < 1.29 is 13.0 Å². The predicted molar refractivity (Wildman–Crippen MR) is 66.9 cm³/mol. The average molecular weight is 254 g/mol. The van der Waals surface area contributed by atoms with Gasteiger partial charge in [0, 0.05) is 0 Å². The summed E-state index contributed by atoms with van der Waals surface area (Å²) in [5.41, 5.74) is 0.956. The van der Waals surface area contributed by atoms with Crippen molar-refractivity contribution in [1.29, 1.82) is 0 Å². The quantitative estimate of drug-likeness (QED) is 0.475. The van der Waals surface area contributed by atoms with Crippen LogP contribution in [0, 0.1) is 19.8 Å². The Morgan fingerprint density at radius 2 is 1.50 bits per heavy atom. The molecule has 0 aliphatic rings. The molecule has 1 rings (SSSR count). The second-order valence-corrected chi connectivity index (χ2v) is 5.10. The van der Waals surface area contributed by atoms with Crippen molar-refractivity contribution in [2.75, 3.05) is 0 Å². The minimum Gasteiger partial charge on any atom is -0.341 e. The van der Waals surface area contributed by atoms with E-state index in [1.807, 2.05) is 6.92 Å². The maximum atomic E-state index is 10.5. The first-order chi connectivity index (χ1) is 6.73. The van der Waals surface area contributed by atoms with Gasteiger partial charge in [-0.2, -0.15) is 14.3 Å². The van der Waals surface area contributed by atoms with E-state index in [4.69, 9.17) is 4.55 Å². The fraction of sp³-hybridized carbons (Fsp3) is 0.364. The predicted octanol–water partition coefficient (Wildman–Crippen LogP) is 2.34. The van der Waals surface area contributed by atoms with E-state index in [9.17, 15) is 8.42 Å². The molecule has 0 radical (unpaired) electrons. The first-order valence-electron chi connectivity index (χ1n) is 4.60. The molecule has 0 aromatic heterocycles. The van der Waals surface area contributed by atoms with Crippen LogP contribution in [0.2, 0.25) is 0 Å². The molecule has 16 heavy (non-hydrogen) atoms. The van der Waals surface area contributed by atoms with Gasteiger partial charge in [-0.25, -0.2) is 0 Å². The van der Waals surface area contributed by atoms with Crippen LogP contribution in [-0.4, -0.2) is 36.0 Å². The molecule has 86 valence electrons. The van der Waals surface area contributed by atoms with Crippen molar-refractivity contribution in [2.24, 2.45) is 5.92 Å². The first-order valence-corrected chi connectivity index (χ1v) is 6.04. The summed E-state index contributed by atoms with van der Waals surface area (Å²) in [4.78, 5) is -0.0666. The van der Waals surface area contributed by atoms with Crippen LogP contribution in [0.3, 0.4) is 0 Å². The smallest absolute Gasteiger partial charge is 0.341 e.